The van der Waals surface area contributed by atoms with E-state index >= 15 is 0 Å². The molecule has 1 rings (SSSR count). The van der Waals surface area contributed by atoms with Crippen LogP contribution in [0.25, 0.3) is 0 Å². The maximum absolute atomic E-state index is 11.6. The molecular formula is C9H13N3O4S. The highest BCUT2D eigenvalue weighted by molar-refractivity contribution is 7.90. The molecule has 94 valence electrons. The van der Waals surface area contributed by atoms with Crippen molar-refractivity contribution in [3.05, 3.63) is 33.9 Å². The van der Waals surface area contributed by atoms with Gasteiger partial charge in [-0.3, -0.25) is 14.8 Å². The third-order valence-electron chi connectivity index (χ3n) is 2.14. The lowest BCUT2D eigenvalue weighted by atomic mass is 10.2. The van der Waals surface area contributed by atoms with E-state index in [2.05, 4.69) is 4.72 Å². The van der Waals surface area contributed by atoms with E-state index in [0.717, 1.165) is 4.31 Å². The first kappa shape index (κ1) is 13.4. The first-order valence-electron chi connectivity index (χ1n) is 4.69. The SMILES string of the molecule is Cc1cc([N+](=O)[O-])ccc1NS(=O)(=O)N(C)C. The third kappa shape index (κ3) is 3.14. The Balaban J connectivity index is 3.06. The summed E-state index contributed by atoms with van der Waals surface area (Å²) >= 11 is 0. The molecular weight excluding hydrogens is 246 g/mol. The summed E-state index contributed by atoms with van der Waals surface area (Å²) in [6.07, 6.45) is 0. The summed E-state index contributed by atoms with van der Waals surface area (Å²) in [6, 6.07) is 3.93. The highest BCUT2D eigenvalue weighted by Crippen LogP contribution is 2.22. The lowest BCUT2D eigenvalue weighted by Crippen LogP contribution is -2.29. The van der Waals surface area contributed by atoms with Crippen molar-refractivity contribution in [2.24, 2.45) is 0 Å². The van der Waals surface area contributed by atoms with Gasteiger partial charge in [0.2, 0.25) is 0 Å². The van der Waals surface area contributed by atoms with E-state index in [1.54, 1.807) is 6.92 Å². The van der Waals surface area contributed by atoms with Crippen LogP contribution in [0.3, 0.4) is 0 Å². The maximum Gasteiger partial charge on any atom is 0.301 e. The first-order chi connectivity index (χ1) is 7.74. The van der Waals surface area contributed by atoms with Crippen LogP contribution in [0.2, 0.25) is 0 Å². The minimum atomic E-state index is -3.59. The smallest absolute Gasteiger partial charge is 0.271 e. The Labute approximate surface area is 99.4 Å². The van der Waals surface area contributed by atoms with Gasteiger partial charge < -0.3 is 0 Å². The molecule has 0 unspecified atom stereocenters. The van der Waals surface area contributed by atoms with Gasteiger partial charge in [-0.1, -0.05) is 0 Å². The predicted octanol–water partition coefficient (Wildman–Crippen LogP) is 1.12. The van der Waals surface area contributed by atoms with Gasteiger partial charge in [0.1, 0.15) is 0 Å². The Morgan fingerprint density at radius 3 is 2.35 bits per heavy atom. The number of benzene rings is 1. The molecule has 0 heterocycles. The summed E-state index contributed by atoms with van der Waals surface area (Å²) in [5.74, 6) is 0. The number of non-ortho nitro benzene ring substituents is 1. The Bertz CT molecular complexity index is 539. The first-order valence-corrected chi connectivity index (χ1v) is 6.13. The third-order valence-corrected chi connectivity index (χ3v) is 3.58. The van der Waals surface area contributed by atoms with Crippen molar-refractivity contribution in [2.45, 2.75) is 6.92 Å². The number of hydrogen-bond acceptors (Lipinski definition) is 4. The highest BCUT2D eigenvalue weighted by atomic mass is 32.2. The molecule has 0 aliphatic carbocycles. The van der Waals surface area contributed by atoms with Crippen LogP contribution in [0.5, 0.6) is 0 Å². The Kier molecular flexibility index (Phi) is 3.69. The van der Waals surface area contributed by atoms with Crippen molar-refractivity contribution in [3.63, 3.8) is 0 Å². The van der Waals surface area contributed by atoms with Gasteiger partial charge in [0, 0.05) is 26.2 Å². The van der Waals surface area contributed by atoms with Crippen molar-refractivity contribution in [2.75, 3.05) is 18.8 Å². The zero-order valence-electron chi connectivity index (χ0n) is 9.67. The monoisotopic (exact) mass is 259 g/mol. The normalized spacial score (nSPS) is 11.5. The van der Waals surface area contributed by atoms with Gasteiger partial charge >= 0.3 is 10.2 Å². The number of nitrogens with one attached hydrogen (secondary N) is 1. The molecule has 0 saturated carbocycles. The minimum absolute atomic E-state index is 0.0738. The molecule has 1 aromatic carbocycles. The zero-order chi connectivity index (χ0) is 13.2. The Hall–Kier alpha value is -1.67. The fourth-order valence-corrected chi connectivity index (χ4v) is 1.80. The molecule has 0 aromatic heterocycles. The lowest BCUT2D eigenvalue weighted by Gasteiger charge is -2.14. The average molecular weight is 259 g/mol. The van der Waals surface area contributed by atoms with Gasteiger partial charge in [0.25, 0.3) is 5.69 Å². The van der Waals surface area contributed by atoms with E-state index < -0.39 is 15.1 Å². The van der Waals surface area contributed by atoms with E-state index in [1.165, 1.54) is 32.3 Å². The predicted molar refractivity (Wildman–Crippen MR) is 64.1 cm³/mol. The molecule has 0 bridgehead atoms. The molecule has 0 saturated heterocycles. The van der Waals surface area contributed by atoms with Crippen LogP contribution in [0.4, 0.5) is 11.4 Å². The van der Waals surface area contributed by atoms with Crippen LogP contribution < -0.4 is 4.72 Å². The molecule has 7 nitrogen and oxygen atoms in total. The van der Waals surface area contributed by atoms with Gasteiger partial charge in [-0.05, 0) is 18.6 Å². The summed E-state index contributed by atoms with van der Waals surface area (Å²) in [4.78, 5) is 9.99. The quantitative estimate of drug-likeness (QED) is 0.647. The van der Waals surface area contributed by atoms with Crippen LogP contribution in [-0.4, -0.2) is 31.7 Å². The number of nitro benzene ring substituents is 1. The molecule has 0 fully saturated rings. The molecule has 0 aliphatic rings. The molecule has 0 aliphatic heterocycles. The van der Waals surface area contributed by atoms with Crippen LogP contribution in [-0.2, 0) is 10.2 Å². The number of anilines is 1. The second-order valence-electron chi connectivity index (χ2n) is 3.65. The summed E-state index contributed by atoms with van der Waals surface area (Å²) in [5.41, 5.74) is 0.740. The standard InChI is InChI=1S/C9H13N3O4S/c1-7-6-8(12(13)14)4-5-9(7)10-17(15,16)11(2)3/h4-6,10H,1-3H3. The van der Waals surface area contributed by atoms with Crippen LogP contribution in [0, 0.1) is 17.0 Å². The van der Waals surface area contributed by atoms with E-state index in [1.807, 2.05) is 0 Å². The van der Waals surface area contributed by atoms with Crippen molar-refractivity contribution in [1.29, 1.82) is 0 Å². The van der Waals surface area contributed by atoms with Gasteiger partial charge in [-0.25, -0.2) is 0 Å². The van der Waals surface area contributed by atoms with Gasteiger partial charge in [-0.15, -0.1) is 0 Å². The summed E-state index contributed by atoms with van der Waals surface area (Å²) in [7, 11) is -0.810. The summed E-state index contributed by atoms with van der Waals surface area (Å²) < 4.78 is 26.5. The average Bonchev–Trinajstić information content (AvgIpc) is 2.20. The van der Waals surface area contributed by atoms with Crippen molar-refractivity contribution >= 4 is 21.6 Å². The number of nitrogens with zero attached hydrogens (tertiary/aromatic N) is 2. The van der Waals surface area contributed by atoms with Crippen LogP contribution in [0.1, 0.15) is 5.56 Å². The minimum Gasteiger partial charge on any atom is -0.271 e. The van der Waals surface area contributed by atoms with E-state index in [4.69, 9.17) is 0 Å². The topological polar surface area (TPSA) is 92.5 Å². The molecule has 0 spiro atoms. The number of aryl methyl sites for hydroxylation is 1. The van der Waals surface area contributed by atoms with Crippen molar-refractivity contribution in [1.82, 2.24) is 4.31 Å². The van der Waals surface area contributed by atoms with Gasteiger partial charge in [0.05, 0.1) is 10.6 Å². The van der Waals surface area contributed by atoms with Gasteiger partial charge in [-0.2, -0.15) is 12.7 Å². The Morgan fingerprint density at radius 1 is 1.35 bits per heavy atom. The van der Waals surface area contributed by atoms with Crippen molar-refractivity contribution in [3.8, 4) is 0 Å². The molecule has 1 N–H and O–H groups in total. The van der Waals surface area contributed by atoms with Crippen LogP contribution in [0.15, 0.2) is 18.2 Å². The second-order valence-corrected chi connectivity index (χ2v) is 5.53. The largest absolute Gasteiger partial charge is 0.301 e. The molecule has 0 radical (unpaired) electrons. The zero-order valence-corrected chi connectivity index (χ0v) is 10.5. The van der Waals surface area contributed by atoms with E-state index in [-0.39, 0.29) is 5.69 Å². The van der Waals surface area contributed by atoms with E-state index in [9.17, 15) is 18.5 Å². The molecule has 17 heavy (non-hydrogen) atoms. The highest BCUT2D eigenvalue weighted by Gasteiger charge is 2.15. The molecule has 0 amide bonds. The fraction of sp³-hybridized carbons (Fsp3) is 0.333. The van der Waals surface area contributed by atoms with Gasteiger partial charge in [0.15, 0.2) is 0 Å². The second kappa shape index (κ2) is 4.68. The summed E-state index contributed by atoms with van der Waals surface area (Å²) in [6.45, 7) is 1.60. The molecule has 1 aromatic rings. The summed E-state index contributed by atoms with van der Waals surface area (Å²) in [5, 5.41) is 10.5. The number of nitro groups is 1. The number of rotatable bonds is 4. The van der Waals surface area contributed by atoms with Crippen LogP contribution >= 0.6 is 0 Å². The molecule has 0 atom stereocenters. The van der Waals surface area contributed by atoms with Crippen molar-refractivity contribution < 1.29 is 13.3 Å². The molecule has 8 heteroatoms. The van der Waals surface area contributed by atoms with E-state index in [0.29, 0.717) is 11.3 Å². The Morgan fingerprint density at radius 2 is 1.94 bits per heavy atom. The fourth-order valence-electron chi connectivity index (χ4n) is 1.11. The number of hydrogen-bond donors (Lipinski definition) is 1. The lowest BCUT2D eigenvalue weighted by molar-refractivity contribution is -0.384. The maximum atomic E-state index is 11.6.